The highest BCUT2D eigenvalue weighted by atomic mass is 16.5. The van der Waals surface area contributed by atoms with Gasteiger partial charge in [-0.25, -0.2) is 0 Å². The van der Waals surface area contributed by atoms with Crippen molar-refractivity contribution >= 4 is 0 Å². The van der Waals surface area contributed by atoms with Crippen molar-refractivity contribution in [1.29, 1.82) is 0 Å². The first-order valence-electron chi connectivity index (χ1n) is 8.25. The monoisotopic (exact) mass is 253 g/mol. The Labute approximate surface area is 113 Å². The minimum atomic E-state index is 0.548. The molecule has 1 aliphatic heterocycles. The van der Waals surface area contributed by atoms with Gasteiger partial charge in [0.25, 0.3) is 0 Å². The Morgan fingerprint density at radius 2 is 1.89 bits per heavy atom. The van der Waals surface area contributed by atoms with Gasteiger partial charge in [-0.3, -0.25) is 0 Å². The Morgan fingerprint density at radius 3 is 2.67 bits per heavy atom. The van der Waals surface area contributed by atoms with Gasteiger partial charge in [-0.2, -0.15) is 0 Å². The summed E-state index contributed by atoms with van der Waals surface area (Å²) in [5.41, 5.74) is 0. The molecule has 1 saturated heterocycles. The number of hydrogen-bond donors (Lipinski definition) is 1. The molecule has 2 heteroatoms. The maximum absolute atomic E-state index is 6.01. The molecule has 0 radical (unpaired) electrons. The molecule has 2 nitrogen and oxygen atoms in total. The molecule has 0 aromatic rings. The van der Waals surface area contributed by atoms with Crippen LogP contribution in [0, 0.1) is 5.92 Å². The summed E-state index contributed by atoms with van der Waals surface area (Å²) in [7, 11) is 0. The van der Waals surface area contributed by atoms with Gasteiger partial charge in [0.15, 0.2) is 0 Å². The van der Waals surface area contributed by atoms with Crippen LogP contribution in [0.4, 0.5) is 0 Å². The molecule has 2 fully saturated rings. The molecule has 0 bridgehead atoms. The van der Waals surface area contributed by atoms with E-state index in [-0.39, 0.29) is 0 Å². The summed E-state index contributed by atoms with van der Waals surface area (Å²) >= 11 is 0. The van der Waals surface area contributed by atoms with Crippen molar-refractivity contribution in [2.75, 3.05) is 13.2 Å². The third-order valence-electron chi connectivity index (χ3n) is 4.42. The van der Waals surface area contributed by atoms with Crippen LogP contribution in [0.15, 0.2) is 0 Å². The number of hydrogen-bond acceptors (Lipinski definition) is 2. The molecule has 18 heavy (non-hydrogen) atoms. The zero-order chi connectivity index (χ0) is 12.6. The Bertz CT molecular complexity index is 215. The average molecular weight is 253 g/mol. The second-order valence-electron chi connectivity index (χ2n) is 6.20. The van der Waals surface area contributed by atoms with Gasteiger partial charge in [0, 0.05) is 19.2 Å². The second kappa shape index (κ2) is 8.16. The van der Waals surface area contributed by atoms with Gasteiger partial charge in [0.05, 0.1) is 6.10 Å². The van der Waals surface area contributed by atoms with Gasteiger partial charge in [0.2, 0.25) is 0 Å². The number of ether oxygens (including phenoxy) is 1. The zero-order valence-corrected chi connectivity index (χ0v) is 12.1. The molecular formula is C16H31NO. The number of rotatable bonds is 9. The Kier molecular flexibility index (Phi) is 6.50. The summed E-state index contributed by atoms with van der Waals surface area (Å²) in [5, 5.41) is 3.69. The summed E-state index contributed by atoms with van der Waals surface area (Å²) < 4.78 is 6.01. The minimum Gasteiger partial charge on any atom is -0.378 e. The average Bonchev–Trinajstić information content (AvgIpc) is 3.21. The molecule has 2 atom stereocenters. The first-order chi connectivity index (χ1) is 8.90. The lowest BCUT2D eigenvalue weighted by Gasteiger charge is -2.32. The van der Waals surface area contributed by atoms with E-state index in [1.54, 1.807) is 0 Å². The molecule has 1 aliphatic carbocycles. The van der Waals surface area contributed by atoms with E-state index >= 15 is 0 Å². The van der Waals surface area contributed by atoms with Gasteiger partial charge in [-0.15, -0.1) is 0 Å². The van der Waals surface area contributed by atoms with Gasteiger partial charge in [-0.1, -0.05) is 39.0 Å². The van der Waals surface area contributed by atoms with Crippen molar-refractivity contribution in [2.45, 2.75) is 83.3 Å². The predicted octanol–water partition coefficient (Wildman–Crippen LogP) is 3.89. The highest BCUT2D eigenvalue weighted by Gasteiger charge is 2.28. The maximum atomic E-state index is 6.01. The van der Waals surface area contributed by atoms with E-state index in [2.05, 4.69) is 12.2 Å². The second-order valence-corrected chi connectivity index (χ2v) is 6.20. The van der Waals surface area contributed by atoms with Crippen molar-refractivity contribution in [1.82, 2.24) is 5.32 Å². The summed E-state index contributed by atoms with van der Waals surface area (Å²) in [4.78, 5) is 0. The van der Waals surface area contributed by atoms with Crippen molar-refractivity contribution in [3.63, 3.8) is 0 Å². The van der Waals surface area contributed by atoms with E-state index < -0.39 is 0 Å². The standard InChI is InChI=1S/C16H31NO/c1-2-3-4-5-6-9-16-14(8-7-12-18-16)13-17-15-10-11-15/h14-17H,2-13H2,1H3. The van der Waals surface area contributed by atoms with Crippen LogP contribution < -0.4 is 5.32 Å². The highest BCUT2D eigenvalue weighted by Crippen LogP contribution is 2.26. The summed E-state index contributed by atoms with van der Waals surface area (Å²) in [5.74, 6) is 0.783. The predicted molar refractivity (Wildman–Crippen MR) is 76.9 cm³/mol. The van der Waals surface area contributed by atoms with Crippen LogP contribution >= 0.6 is 0 Å². The first-order valence-corrected chi connectivity index (χ1v) is 8.25. The molecule has 106 valence electrons. The Morgan fingerprint density at radius 1 is 1.06 bits per heavy atom. The minimum absolute atomic E-state index is 0.548. The fourth-order valence-electron chi connectivity index (χ4n) is 3.01. The summed E-state index contributed by atoms with van der Waals surface area (Å²) in [6.07, 6.45) is 14.2. The normalized spacial score (nSPS) is 28.5. The van der Waals surface area contributed by atoms with Gasteiger partial charge in [0.1, 0.15) is 0 Å². The molecule has 0 spiro atoms. The van der Waals surface area contributed by atoms with Crippen molar-refractivity contribution in [3.8, 4) is 0 Å². The van der Waals surface area contributed by atoms with Crippen molar-refractivity contribution < 1.29 is 4.74 Å². The summed E-state index contributed by atoms with van der Waals surface area (Å²) in [6, 6.07) is 0.845. The van der Waals surface area contributed by atoms with Crippen LogP contribution in [0.2, 0.25) is 0 Å². The molecule has 1 heterocycles. The molecule has 2 rings (SSSR count). The van der Waals surface area contributed by atoms with Crippen LogP contribution in [0.5, 0.6) is 0 Å². The highest BCUT2D eigenvalue weighted by molar-refractivity contribution is 4.84. The van der Waals surface area contributed by atoms with Crippen molar-refractivity contribution in [3.05, 3.63) is 0 Å². The van der Waals surface area contributed by atoms with E-state index in [0.717, 1.165) is 18.6 Å². The molecule has 1 saturated carbocycles. The van der Waals surface area contributed by atoms with Gasteiger partial charge < -0.3 is 10.1 Å². The van der Waals surface area contributed by atoms with Gasteiger partial charge in [-0.05, 0) is 38.0 Å². The van der Waals surface area contributed by atoms with E-state index in [9.17, 15) is 0 Å². The van der Waals surface area contributed by atoms with E-state index in [0.29, 0.717) is 6.10 Å². The van der Waals surface area contributed by atoms with Crippen LogP contribution in [-0.4, -0.2) is 25.3 Å². The molecule has 2 unspecified atom stereocenters. The van der Waals surface area contributed by atoms with Crippen molar-refractivity contribution in [2.24, 2.45) is 5.92 Å². The van der Waals surface area contributed by atoms with Gasteiger partial charge >= 0.3 is 0 Å². The Hall–Kier alpha value is -0.0800. The van der Waals surface area contributed by atoms with E-state index in [1.807, 2.05) is 0 Å². The largest absolute Gasteiger partial charge is 0.378 e. The molecule has 1 N–H and O–H groups in total. The smallest absolute Gasteiger partial charge is 0.0615 e. The summed E-state index contributed by atoms with van der Waals surface area (Å²) in [6.45, 7) is 4.48. The van der Waals surface area contributed by atoms with Crippen LogP contribution in [0.1, 0.15) is 71.1 Å². The lowest BCUT2D eigenvalue weighted by molar-refractivity contribution is -0.0314. The molecule has 2 aliphatic rings. The third kappa shape index (κ3) is 5.27. The molecular weight excluding hydrogens is 222 g/mol. The van der Waals surface area contributed by atoms with Crippen LogP contribution in [0.3, 0.4) is 0 Å². The third-order valence-corrected chi connectivity index (χ3v) is 4.42. The lowest BCUT2D eigenvalue weighted by Crippen LogP contribution is -2.37. The number of nitrogens with one attached hydrogen (secondary N) is 1. The van der Waals surface area contributed by atoms with Crippen LogP contribution in [0.25, 0.3) is 0 Å². The molecule has 0 aromatic heterocycles. The zero-order valence-electron chi connectivity index (χ0n) is 12.1. The molecule has 0 aromatic carbocycles. The van der Waals surface area contributed by atoms with Crippen LogP contribution in [-0.2, 0) is 4.74 Å². The fourth-order valence-corrected chi connectivity index (χ4v) is 3.01. The quantitative estimate of drug-likeness (QED) is 0.629. The van der Waals surface area contributed by atoms with E-state index in [1.165, 1.54) is 70.8 Å². The lowest BCUT2D eigenvalue weighted by atomic mass is 9.90. The maximum Gasteiger partial charge on any atom is 0.0615 e. The topological polar surface area (TPSA) is 21.3 Å². The Balaban J connectivity index is 1.59. The fraction of sp³-hybridized carbons (Fsp3) is 1.00. The number of unbranched alkanes of at least 4 members (excludes halogenated alkanes) is 4. The first kappa shape index (κ1) is 14.3. The SMILES string of the molecule is CCCCCCCC1OCCCC1CNC1CC1. The van der Waals surface area contributed by atoms with E-state index in [4.69, 9.17) is 4.74 Å². The molecule has 0 amide bonds.